The van der Waals surface area contributed by atoms with Gasteiger partial charge in [-0.2, -0.15) is 5.26 Å². The molecule has 0 fully saturated rings. The van der Waals surface area contributed by atoms with E-state index in [1.807, 2.05) is 6.07 Å². The molecule has 4 nitrogen and oxygen atoms in total. The highest BCUT2D eigenvalue weighted by Gasteiger charge is 2.11. The molecule has 0 saturated heterocycles. The fourth-order valence-corrected chi connectivity index (χ4v) is 2.54. The first kappa shape index (κ1) is 13.2. The number of anilines is 2. The van der Waals surface area contributed by atoms with Gasteiger partial charge >= 0.3 is 0 Å². The number of nitriles is 1. The van der Waals surface area contributed by atoms with Gasteiger partial charge in [-0.25, -0.2) is 9.37 Å². The maximum absolute atomic E-state index is 13.5. The smallest absolute Gasteiger partial charge is 0.127 e. The van der Waals surface area contributed by atoms with E-state index in [9.17, 15) is 4.39 Å². The van der Waals surface area contributed by atoms with Crippen LogP contribution < -0.4 is 11.5 Å². The normalized spacial score (nSPS) is 10.1. The Labute approximate surface area is 114 Å². The zero-order valence-electron chi connectivity index (χ0n) is 9.93. The highest BCUT2D eigenvalue weighted by Crippen LogP contribution is 2.29. The molecule has 0 bridgehead atoms. The summed E-state index contributed by atoms with van der Waals surface area (Å²) >= 11 is 1.23. The third-order valence-electron chi connectivity index (χ3n) is 2.47. The van der Waals surface area contributed by atoms with Crippen LogP contribution in [-0.4, -0.2) is 4.98 Å². The summed E-state index contributed by atoms with van der Waals surface area (Å²) in [5, 5.41) is 9.46. The molecule has 0 amide bonds. The van der Waals surface area contributed by atoms with E-state index in [2.05, 4.69) is 4.98 Å². The standard InChI is InChI=1S/C13H11FN4S/c14-10-4-2-1-3-8(10)7-19-13-9(6-15)11(16)5-12(17)18-13/h1-5H,7H2,(H4,16,17,18). The van der Waals surface area contributed by atoms with Crippen LogP contribution in [0.1, 0.15) is 11.1 Å². The molecule has 19 heavy (non-hydrogen) atoms. The molecular weight excluding hydrogens is 263 g/mol. The summed E-state index contributed by atoms with van der Waals surface area (Å²) in [5.74, 6) is 0.315. The Balaban J connectivity index is 2.25. The van der Waals surface area contributed by atoms with Crippen LogP contribution in [0.25, 0.3) is 0 Å². The monoisotopic (exact) mass is 274 g/mol. The molecule has 6 heteroatoms. The Hall–Kier alpha value is -2.26. The van der Waals surface area contributed by atoms with Gasteiger partial charge in [0.25, 0.3) is 0 Å². The number of nitrogen functional groups attached to an aromatic ring is 2. The molecule has 1 aromatic heterocycles. The van der Waals surface area contributed by atoms with Crippen molar-refractivity contribution in [2.75, 3.05) is 11.5 Å². The summed E-state index contributed by atoms with van der Waals surface area (Å²) in [5.41, 5.74) is 12.4. The first-order valence-electron chi connectivity index (χ1n) is 5.44. The van der Waals surface area contributed by atoms with E-state index in [1.165, 1.54) is 23.9 Å². The highest BCUT2D eigenvalue weighted by atomic mass is 32.2. The van der Waals surface area contributed by atoms with Gasteiger partial charge in [0.1, 0.15) is 28.3 Å². The van der Waals surface area contributed by atoms with Crippen molar-refractivity contribution >= 4 is 23.3 Å². The van der Waals surface area contributed by atoms with Crippen LogP contribution in [0.2, 0.25) is 0 Å². The van der Waals surface area contributed by atoms with Crippen LogP contribution in [0.5, 0.6) is 0 Å². The first-order chi connectivity index (χ1) is 9.11. The van der Waals surface area contributed by atoms with Crippen molar-refractivity contribution in [3.05, 3.63) is 47.3 Å². The second-order valence-electron chi connectivity index (χ2n) is 3.81. The lowest BCUT2D eigenvalue weighted by molar-refractivity contribution is 0.617. The second-order valence-corrected chi connectivity index (χ2v) is 4.77. The average Bonchev–Trinajstić information content (AvgIpc) is 2.37. The number of halogens is 1. The molecule has 0 atom stereocenters. The Morgan fingerprint density at radius 2 is 2.05 bits per heavy atom. The topological polar surface area (TPSA) is 88.7 Å². The zero-order chi connectivity index (χ0) is 13.8. The van der Waals surface area contributed by atoms with Crippen molar-refractivity contribution in [3.8, 4) is 6.07 Å². The van der Waals surface area contributed by atoms with Crippen molar-refractivity contribution in [1.82, 2.24) is 4.98 Å². The van der Waals surface area contributed by atoms with E-state index in [0.717, 1.165) is 0 Å². The van der Waals surface area contributed by atoms with E-state index in [1.54, 1.807) is 18.2 Å². The largest absolute Gasteiger partial charge is 0.397 e. The number of nitrogens with zero attached hydrogens (tertiary/aromatic N) is 2. The number of rotatable bonds is 3. The van der Waals surface area contributed by atoms with Crippen LogP contribution in [0.3, 0.4) is 0 Å². The van der Waals surface area contributed by atoms with Crippen LogP contribution >= 0.6 is 11.8 Å². The molecule has 0 aliphatic heterocycles. The molecule has 0 unspecified atom stereocenters. The Bertz CT molecular complexity index is 652. The van der Waals surface area contributed by atoms with E-state index in [4.69, 9.17) is 16.7 Å². The Morgan fingerprint density at radius 1 is 1.32 bits per heavy atom. The number of hydrogen-bond acceptors (Lipinski definition) is 5. The van der Waals surface area contributed by atoms with E-state index in [-0.39, 0.29) is 22.9 Å². The lowest BCUT2D eigenvalue weighted by Crippen LogP contribution is -2.00. The lowest BCUT2D eigenvalue weighted by atomic mass is 10.2. The van der Waals surface area contributed by atoms with Gasteiger partial charge < -0.3 is 11.5 Å². The molecule has 2 rings (SSSR count). The minimum atomic E-state index is -0.287. The molecule has 96 valence electrons. The fraction of sp³-hybridized carbons (Fsp3) is 0.0769. The molecular formula is C13H11FN4S. The van der Waals surface area contributed by atoms with Gasteiger partial charge in [0.15, 0.2) is 0 Å². The summed E-state index contributed by atoms with van der Waals surface area (Å²) in [6.45, 7) is 0. The summed E-state index contributed by atoms with van der Waals surface area (Å²) in [4.78, 5) is 4.07. The first-order valence-corrected chi connectivity index (χ1v) is 6.42. The van der Waals surface area contributed by atoms with Gasteiger partial charge in [-0.15, -0.1) is 11.8 Å². The summed E-state index contributed by atoms with van der Waals surface area (Å²) in [6.07, 6.45) is 0. The van der Waals surface area contributed by atoms with Crippen LogP contribution in [0.4, 0.5) is 15.9 Å². The predicted octanol–water partition coefficient (Wildman–Crippen LogP) is 2.55. The van der Waals surface area contributed by atoms with Gasteiger partial charge in [0.2, 0.25) is 0 Å². The van der Waals surface area contributed by atoms with Gasteiger partial charge in [0.05, 0.1) is 5.69 Å². The summed E-state index contributed by atoms with van der Waals surface area (Å²) < 4.78 is 13.5. The van der Waals surface area contributed by atoms with Gasteiger partial charge in [-0.05, 0) is 11.6 Å². The molecule has 0 aliphatic rings. The van der Waals surface area contributed by atoms with Crippen molar-refractivity contribution in [1.29, 1.82) is 5.26 Å². The SMILES string of the molecule is N#Cc1c(N)cc(N)nc1SCc1ccccc1F. The predicted molar refractivity (Wildman–Crippen MR) is 73.7 cm³/mol. The maximum atomic E-state index is 13.5. The molecule has 0 radical (unpaired) electrons. The number of hydrogen-bond donors (Lipinski definition) is 2. The average molecular weight is 274 g/mol. The molecule has 1 heterocycles. The van der Waals surface area contributed by atoms with E-state index in [0.29, 0.717) is 16.3 Å². The molecule has 0 aliphatic carbocycles. The number of thioether (sulfide) groups is 1. The van der Waals surface area contributed by atoms with Crippen molar-refractivity contribution < 1.29 is 4.39 Å². The van der Waals surface area contributed by atoms with Gasteiger partial charge in [-0.3, -0.25) is 0 Å². The summed E-state index contributed by atoms with van der Waals surface area (Å²) in [7, 11) is 0. The number of aromatic nitrogens is 1. The van der Waals surface area contributed by atoms with E-state index >= 15 is 0 Å². The molecule has 4 N–H and O–H groups in total. The quantitative estimate of drug-likeness (QED) is 0.840. The number of nitrogens with two attached hydrogens (primary N) is 2. The Kier molecular flexibility index (Phi) is 3.88. The van der Waals surface area contributed by atoms with Crippen molar-refractivity contribution in [2.45, 2.75) is 10.8 Å². The third kappa shape index (κ3) is 2.95. The third-order valence-corrected chi connectivity index (χ3v) is 3.49. The second kappa shape index (κ2) is 5.59. The minimum absolute atomic E-state index is 0.243. The zero-order valence-corrected chi connectivity index (χ0v) is 10.7. The Morgan fingerprint density at radius 3 is 2.74 bits per heavy atom. The number of benzene rings is 1. The van der Waals surface area contributed by atoms with Crippen molar-refractivity contribution in [3.63, 3.8) is 0 Å². The van der Waals surface area contributed by atoms with Crippen LogP contribution in [0, 0.1) is 17.1 Å². The molecule has 0 spiro atoms. The minimum Gasteiger partial charge on any atom is -0.397 e. The van der Waals surface area contributed by atoms with Crippen LogP contribution in [0.15, 0.2) is 35.4 Å². The molecule has 1 aromatic carbocycles. The maximum Gasteiger partial charge on any atom is 0.127 e. The molecule has 0 saturated carbocycles. The van der Waals surface area contributed by atoms with Crippen molar-refractivity contribution in [2.24, 2.45) is 0 Å². The van der Waals surface area contributed by atoms with E-state index < -0.39 is 0 Å². The highest BCUT2D eigenvalue weighted by molar-refractivity contribution is 7.98. The fourth-order valence-electron chi connectivity index (χ4n) is 1.54. The molecule has 2 aromatic rings. The number of pyridine rings is 1. The lowest BCUT2D eigenvalue weighted by Gasteiger charge is -2.07. The summed E-state index contributed by atoms with van der Waals surface area (Å²) in [6, 6.07) is 9.88. The van der Waals surface area contributed by atoms with Crippen LogP contribution in [-0.2, 0) is 5.75 Å². The van der Waals surface area contributed by atoms with Gasteiger partial charge in [-0.1, -0.05) is 18.2 Å². The van der Waals surface area contributed by atoms with Gasteiger partial charge in [0, 0.05) is 11.8 Å².